The average Bonchev–Trinajstić information content (AvgIpc) is 2.61. The number of nitro groups is 1. The van der Waals surface area contributed by atoms with Crippen molar-refractivity contribution in [3.05, 3.63) is 64.0 Å². The normalized spacial score (nSPS) is 17.6. The molecule has 1 aliphatic rings. The number of ether oxygens (including phenoxy) is 1. The van der Waals surface area contributed by atoms with Gasteiger partial charge in [0.1, 0.15) is 11.9 Å². The molecular formula is C17H19N3O4. The molecule has 0 radical (unpaired) electrons. The predicted octanol–water partition coefficient (Wildman–Crippen LogP) is 2.01. The third-order valence-corrected chi connectivity index (χ3v) is 4.06. The number of benzene rings is 1. The van der Waals surface area contributed by atoms with Gasteiger partial charge in [-0.05, 0) is 25.0 Å². The summed E-state index contributed by atoms with van der Waals surface area (Å²) in [6.07, 6.45) is 4.21. The second kappa shape index (κ2) is 7.37. The van der Waals surface area contributed by atoms with E-state index in [1.165, 1.54) is 6.07 Å². The van der Waals surface area contributed by atoms with E-state index in [0.717, 1.165) is 24.0 Å². The topological polar surface area (TPSA) is 97.5 Å². The van der Waals surface area contributed by atoms with Gasteiger partial charge in [0, 0.05) is 48.7 Å². The molecule has 3 rings (SSSR count). The molecule has 0 saturated carbocycles. The first-order valence-corrected chi connectivity index (χ1v) is 7.86. The number of nitrogens with one attached hydrogen (secondary N) is 1. The fourth-order valence-corrected chi connectivity index (χ4v) is 2.76. The first-order chi connectivity index (χ1) is 11.6. The summed E-state index contributed by atoms with van der Waals surface area (Å²) in [5.41, 5.74) is 1.73. The molecule has 2 aromatic rings. The molecule has 2 heterocycles. The second-order valence-electron chi connectivity index (χ2n) is 5.79. The molecular weight excluding hydrogens is 310 g/mol. The Morgan fingerprint density at radius 3 is 3.08 bits per heavy atom. The van der Waals surface area contributed by atoms with Crippen LogP contribution in [0.15, 0.2) is 42.7 Å². The SMILES string of the molecule is O=[N+]([O-])c1ccc2c(c1)CCC(CNCC(O)c1cccnc1)O2. The fraction of sp³-hybridized carbons (Fsp3) is 0.353. The summed E-state index contributed by atoms with van der Waals surface area (Å²) in [6.45, 7) is 1.02. The molecule has 0 saturated heterocycles. The van der Waals surface area contributed by atoms with E-state index >= 15 is 0 Å². The van der Waals surface area contributed by atoms with Gasteiger partial charge < -0.3 is 15.2 Å². The highest BCUT2D eigenvalue weighted by molar-refractivity contribution is 5.44. The molecule has 2 N–H and O–H groups in total. The van der Waals surface area contributed by atoms with Crippen LogP contribution in [0, 0.1) is 10.1 Å². The van der Waals surface area contributed by atoms with Crippen LogP contribution in [-0.2, 0) is 6.42 Å². The van der Waals surface area contributed by atoms with Crippen molar-refractivity contribution in [2.24, 2.45) is 0 Å². The molecule has 0 fully saturated rings. The number of aliphatic hydroxyl groups excluding tert-OH is 1. The van der Waals surface area contributed by atoms with E-state index in [1.807, 2.05) is 6.07 Å². The Labute approximate surface area is 139 Å². The molecule has 24 heavy (non-hydrogen) atoms. The van der Waals surface area contributed by atoms with E-state index in [-0.39, 0.29) is 11.8 Å². The van der Waals surface area contributed by atoms with Crippen LogP contribution in [-0.4, -0.2) is 34.2 Å². The van der Waals surface area contributed by atoms with Crippen LogP contribution < -0.4 is 10.1 Å². The molecule has 1 aliphatic heterocycles. The molecule has 0 spiro atoms. The highest BCUT2D eigenvalue weighted by Crippen LogP contribution is 2.30. The van der Waals surface area contributed by atoms with E-state index in [0.29, 0.717) is 18.8 Å². The number of nitrogens with zero attached hydrogens (tertiary/aromatic N) is 2. The average molecular weight is 329 g/mol. The van der Waals surface area contributed by atoms with Crippen molar-refractivity contribution in [1.82, 2.24) is 10.3 Å². The molecule has 0 amide bonds. The maximum atomic E-state index is 10.8. The smallest absolute Gasteiger partial charge is 0.269 e. The number of aliphatic hydroxyl groups is 1. The van der Waals surface area contributed by atoms with Gasteiger partial charge in [0.05, 0.1) is 11.0 Å². The van der Waals surface area contributed by atoms with Gasteiger partial charge in [-0.25, -0.2) is 0 Å². The van der Waals surface area contributed by atoms with E-state index < -0.39 is 11.0 Å². The Morgan fingerprint density at radius 1 is 1.46 bits per heavy atom. The summed E-state index contributed by atoms with van der Waals surface area (Å²) < 4.78 is 5.88. The van der Waals surface area contributed by atoms with Crippen LogP contribution in [0.5, 0.6) is 5.75 Å². The van der Waals surface area contributed by atoms with Crippen LogP contribution in [0.25, 0.3) is 0 Å². The number of hydrogen-bond donors (Lipinski definition) is 2. The summed E-state index contributed by atoms with van der Waals surface area (Å²) in [5.74, 6) is 0.700. The number of nitro benzene ring substituents is 1. The van der Waals surface area contributed by atoms with Crippen LogP contribution in [0.4, 0.5) is 5.69 Å². The monoisotopic (exact) mass is 329 g/mol. The van der Waals surface area contributed by atoms with Crippen molar-refractivity contribution in [1.29, 1.82) is 0 Å². The van der Waals surface area contributed by atoms with Gasteiger partial charge in [-0.1, -0.05) is 6.07 Å². The van der Waals surface area contributed by atoms with Gasteiger partial charge in [0.15, 0.2) is 0 Å². The Kier molecular flexibility index (Phi) is 5.02. The second-order valence-corrected chi connectivity index (χ2v) is 5.79. The minimum absolute atomic E-state index is 0.0138. The zero-order valence-corrected chi connectivity index (χ0v) is 13.1. The molecule has 1 aromatic heterocycles. The third kappa shape index (κ3) is 3.87. The lowest BCUT2D eigenvalue weighted by molar-refractivity contribution is -0.385. The van der Waals surface area contributed by atoms with Gasteiger partial charge in [-0.15, -0.1) is 0 Å². The number of rotatable bonds is 6. The van der Waals surface area contributed by atoms with Crippen molar-refractivity contribution in [2.75, 3.05) is 13.1 Å². The van der Waals surface area contributed by atoms with Crippen LogP contribution in [0.2, 0.25) is 0 Å². The molecule has 7 heteroatoms. The highest BCUT2D eigenvalue weighted by Gasteiger charge is 2.22. The minimum atomic E-state index is -0.614. The van der Waals surface area contributed by atoms with Crippen LogP contribution >= 0.6 is 0 Å². The number of aryl methyl sites for hydroxylation is 1. The lowest BCUT2D eigenvalue weighted by Crippen LogP contribution is -2.36. The zero-order chi connectivity index (χ0) is 16.9. The van der Waals surface area contributed by atoms with Crippen molar-refractivity contribution in [3.8, 4) is 5.75 Å². The van der Waals surface area contributed by atoms with E-state index in [1.54, 1.807) is 30.6 Å². The predicted molar refractivity (Wildman–Crippen MR) is 87.9 cm³/mol. The van der Waals surface area contributed by atoms with Gasteiger partial charge in [0.2, 0.25) is 0 Å². The van der Waals surface area contributed by atoms with Crippen molar-refractivity contribution < 1.29 is 14.8 Å². The molecule has 126 valence electrons. The Morgan fingerprint density at radius 2 is 2.33 bits per heavy atom. The number of hydrogen-bond acceptors (Lipinski definition) is 6. The molecule has 7 nitrogen and oxygen atoms in total. The Balaban J connectivity index is 1.50. The van der Waals surface area contributed by atoms with Crippen LogP contribution in [0.1, 0.15) is 23.7 Å². The number of non-ortho nitro benzene ring substituents is 1. The molecule has 0 aliphatic carbocycles. The molecule has 2 unspecified atom stereocenters. The van der Waals surface area contributed by atoms with E-state index in [9.17, 15) is 15.2 Å². The fourth-order valence-electron chi connectivity index (χ4n) is 2.76. The largest absolute Gasteiger partial charge is 0.489 e. The zero-order valence-electron chi connectivity index (χ0n) is 13.1. The van der Waals surface area contributed by atoms with Crippen molar-refractivity contribution in [3.63, 3.8) is 0 Å². The lowest BCUT2D eigenvalue weighted by atomic mass is 10.0. The van der Waals surface area contributed by atoms with Crippen LogP contribution in [0.3, 0.4) is 0 Å². The highest BCUT2D eigenvalue weighted by atomic mass is 16.6. The van der Waals surface area contributed by atoms with Crippen molar-refractivity contribution >= 4 is 5.69 Å². The summed E-state index contributed by atoms with van der Waals surface area (Å²) in [6, 6.07) is 8.31. The molecule has 0 bridgehead atoms. The minimum Gasteiger partial charge on any atom is -0.489 e. The van der Waals surface area contributed by atoms with Gasteiger partial charge >= 0.3 is 0 Å². The van der Waals surface area contributed by atoms with Crippen molar-refractivity contribution in [2.45, 2.75) is 25.0 Å². The summed E-state index contributed by atoms with van der Waals surface area (Å²) in [7, 11) is 0. The van der Waals surface area contributed by atoms with Gasteiger partial charge in [-0.3, -0.25) is 15.1 Å². The molecule has 2 atom stereocenters. The lowest BCUT2D eigenvalue weighted by Gasteiger charge is -2.26. The van der Waals surface area contributed by atoms with Gasteiger partial charge in [-0.2, -0.15) is 0 Å². The summed E-state index contributed by atoms with van der Waals surface area (Å²) in [4.78, 5) is 14.4. The first kappa shape index (κ1) is 16.4. The van der Waals surface area contributed by atoms with E-state index in [2.05, 4.69) is 10.3 Å². The maximum absolute atomic E-state index is 10.8. The Hall–Kier alpha value is -2.51. The standard InChI is InChI=1S/C17H19N3O4/c21-16(13-2-1-7-18-9-13)11-19-10-15-5-3-12-8-14(20(22)23)4-6-17(12)24-15/h1-2,4,6-9,15-16,19,21H,3,5,10-11H2. The first-order valence-electron chi connectivity index (χ1n) is 7.86. The third-order valence-electron chi connectivity index (χ3n) is 4.06. The number of pyridine rings is 1. The quantitative estimate of drug-likeness (QED) is 0.621. The maximum Gasteiger partial charge on any atom is 0.269 e. The summed E-state index contributed by atoms with van der Waals surface area (Å²) >= 11 is 0. The number of aromatic nitrogens is 1. The van der Waals surface area contributed by atoms with E-state index in [4.69, 9.17) is 4.74 Å². The number of fused-ring (bicyclic) bond motifs is 1. The summed E-state index contributed by atoms with van der Waals surface area (Å²) in [5, 5.41) is 24.1. The van der Waals surface area contributed by atoms with Gasteiger partial charge in [0.25, 0.3) is 5.69 Å². The Bertz CT molecular complexity index is 708. The molecule has 1 aromatic carbocycles.